The summed E-state index contributed by atoms with van der Waals surface area (Å²) in [7, 11) is 0. The molecule has 1 spiro atoms. The van der Waals surface area contributed by atoms with Gasteiger partial charge in [0.2, 0.25) is 5.91 Å². The molecule has 1 fully saturated rings. The van der Waals surface area contributed by atoms with Crippen molar-refractivity contribution in [3.8, 4) is 5.75 Å². The number of amides is 2. The molecular weight excluding hydrogens is 454 g/mol. The molecule has 7 nitrogen and oxygen atoms in total. The molecule has 0 saturated carbocycles. The van der Waals surface area contributed by atoms with Crippen molar-refractivity contribution in [2.45, 2.75) is 71.4 Å². The van der Waals surface area contributed by atoms with Crippen LogP contribution < -0.4 is 4.74 Å². The van der Waals surface area contributed by atoms with Crippen molar-refractivity contribution in [3.05, 3.63) is 65.2 Å². The Morgan fingerprint density at radius 3 is 2.42 bits per heavy atom. The van der Waals surface area contributed by atoms with Gasteiger partial charge < -0.3 is 14.4 Å². The topological polar surface area (TPSA) is 71.4 Å². The van der Waals surface area contributed by atoms with E-state index in [1.165, 1.54) is 0 Å². The van der Waals surface area contributed by atoms with E-state index in [1.54, 1.807) is 9.91 Å². The Labute approximate surface area is 214 Å². The predicted octanol–water partition coefficient (Wildman–Crippen LogP) is 5.48. The third kappa shape index (κ3) is 6.07. The number of benzene rings is 2. The van der Waals surface area contributed by atoms with Crippen LogP contribution in [0.3, 0.4) is 0 Å². The highest BCUT2D eigenvalue weighted by Crippen LogP contribution is 2.39. The van der Waals surface area contributed by atoms with Crippen LogP contribution in [0.15, 0.2) is 53.6 Å². The van der Waals surface area contributed by atoms with Crippen molar-refractivity contribution in [1.29, 1.82) is 0 Å². The summed E-state index contributed by atoms with van der Waals surface area (Å²) in [6, 6.07) is 16.0. The van der Waals surface area contributed by atoms with E-state index >= 15 is 0 Å². The maximum atomic E-state index is 13.5. The van der Waals surface area contributed by atoms with E-state index in [1.807, 2.05) is 51.1 Å². The lowest BCUT2D eigenvalue weighted by atomic mass is 9.89. The molecule has 2 aromatic carbocycles. The molecule has 2 aromatic rings. The number of hydrogen-bond donors (Lipinski definition) is 0. The second-order valence-electron chi connectivity index (χ2n) is 10.9. The molecule has 0 aliphatic carbocycles. The van der Waals surface area contributed by atoms with E-state index in [2.05, 4.69) is 32.0 Å². The van der Waals surface area contributed by atoms with Crippen molar-refractivity contribution in [2.75, 3.05) is 19.7 Å². The lowest BCUT2D eigenvalue weighted by Crippen LogP contribution is -2.49. The van der Waals surface area contributed by atoms with Gasteiger partial charge in [-0.2, -0.15) is 5.10 Å². The number of para-hydroxylation sites is 1. The summed E-state index contributed by atoms with van der Waals surface area (Å²) in [4.78, 5) is 28.0. The van der Waals surface area contributed by atoms with E-state index in [-0.39, 0.29) is 12.0 Å². The van der Waals surface area contributed by atoms with Gasteiger partial charge in [0.05, 0.1) is 17.9 Å². The number of carbonyl (C=O) groups is 2. The molecule has 0 N–H and O–H groups in total. The monoisotopic (exact) mass is 491 g/mol. The van der Waals surface area contributed by atoms with Crippen LogP contribution in [-0.4, -0.2) is 58.5 Å². The summed E-state index contributed by atoms with van der Waals surface area (Å²) in [5.74, 6) is 0.749. The first kappa shape index (κ1) is 25.7. The van der Waals surface area contributed by atoms with Gasteiger partial charge in [-0.05, 0) is 65.2 Å². The molecule has 36 heavy (non-hydrogen) atoms. The second-order valence-corrected chi connectivity index (χ2v) is 10.9. The van der Waals surface area contributed by atoms with E-state index in [0.717, 1.165) is 28.2 Å². The van der Waals surface area contributed by atoms with Gasteiger partial charge in [0, 0.05) is 25.9 Å². The molecule has 2 amide bonds. The van der Waals surface area contributed by atoms with Crippen molar-refractivity contribution < 1.29 is 19.1 Å². The number of hydrazone groups is 1. The quantitative estimate of drug-likeness (QED) is 0.502. The predicted molar refractivity (Wildman–Crippen MR) is 140 cm³/mol. The van der Waals surface area contributed by atoms with Gasteiger partial charge in [-0.25, -0.2) is 9.80 Å². The molecule has 2 aliphatic rings. The number of hydrogen-bond acceptors (Lipinski definition) is 5. The average molecular weight is 492 g/mol. The number of rotatable bonds is 6. The number of likely N-dealkylation sites (tertiary alicyclic amines) is 1. The first-order valence-corrected chi connectivity index (χ1v) is 12.7. The Morgan fingerprint density at radius 1 is 1.06 bits per heavy atom. The number of aryl methyl sites for hydroxylation is 2. The second kappa shape index (κ2) is 10.3. The summed E-state index contributed by atoms with van der Waals surface area (Å²) in [6.45, 7) is 11.1. The van der Waals surface area contributed by atoms with Crippen LogP contribution in [0.2, 0.25) is 0 Å². The molecule has 2 heterocycles. The zero-order chi connectivity index (χ0) is 25.9. The molecule has 2 aliphatic heterocycles. The lowest BCUT2D eigenvalue weighted by Gasteiger charge is -2.33. The van der Waals surface area contributed by atoms with Crippen LogP contribution in [-0.2, 0) is 9.53 Å². The minimum atomic E-state index is -0.572. The third-order valence-corrected chi connectivity index (χ3v) is 6.49. The Hall–Kier alpha value is -3.35. The highest BCUT2D eigenvalue weighted by atomic mass is 16.6. The van der Waals surface area contributed by atoms with Crippen LogP contribution in [0.25, 0.3) is 0 Å². The molecule has 192 valence electrons. The number of ether oxygens (including phenoxy) is 2. The number of carbonyl (C=O) groups excluding carboxylic acids is 2. The summed E-state index contributed by atoms with van der Waals surface area (Å²) in [6.07, 6.45) is 1.84. The lowest BCUT2D eigenvalue weighted by molar-refractivity contribution is -0.136. The van der Waals surface area contributed by atoms with E-state index in [9.17, 15) is 9.59 Å². The van der Waals surface area contributed by atoms with Crippen LogP contribution in [0.5, 0.6) is 5.75 Å². The van der Waals surface area contributed by atoms with Gasteiger partial charge in [-0.3, -0.25) is 4.79 Å². The average Bonchev–Trinajstić information content (AvgIpc) is 3.40. The van der Waals surface area contributed by atoms with Gasteiger partial charge in [0.15, 0.2) is 0 Å². The maximum absolute atomic E-state index is 13.5. The normalized spacial score (nSPS) is 19.5. The first-order chi connectivity index (χ1) is 17.0. The fourth-order valence-electron chi connectivity index (χ4n) is 4.96. The van der Waals surface area contributed by atoms with Gasteiger partial charge in [-0.1, -0.05) is 47.5 Å². The molecule has 4 rings (SSSR count). The van der Waals surface area contributed by atoms with Crippen molar-refractivity contribution in [2.24, 2.45) is 5.10 Å². The summed E-state index contributed by atoms with van der Waals surface area (Å²) >= 11 is 0. The van der Waals surface area contributed by atoms with Crippen molar-refractivity contribution in [3.63, 3.8) is 0 Å². The highest BCUT2D eigenvalue weighted by molar-refractivity contribution is 6.04. The molecule has 0 bridgehead atoms. The maximum Gasteiger partial charge on any atom is 0.410 e. The Bertz CT molecular complexity index is 1120. The summed E-state index contributed by atoms with van der Waals surface area (Å²) in [5.41, 5.74) is 3.11. The fourth-order valence-corrected chi connectivity index (χ4v) is 4.96. The minimum absolute atomic E-state index is 0.0444. The summed E-state index contributed by atoms with van der Waals surface area (Å²) < 4.78 is 11.4. The van der Waals surface area contributed by atoms with Crippen LogP contribution in [0, 0.1) is 13.8 Å². The number of nitrogens with zero attached hydrogens (tertiary/aromatic N) is 3. The Morgan fingerprint density at radius 2 is 1.75 bits per heavy atom. The zero-order valence-electron chi connectivity index (χ0n) is 22.0. The van der Waals surface area contributed by atoms with Gasteiger partial charge in [-0.15, -0.1) is 0 Å². The smallest absolute Gasteiger partial charge is 0.410 e. The van der Waals surface area contributed by atoms with Crippen molar-refractivity contribution in [1.82, 2.24) is 9.91 Å². The molecule has 0 radical (unpaired) electrons. The standard InChI is InChI=1S/C29H37N3O4/c1-21-16-22(2)18-23(17-21)25-19-29(13-14-31(20-29)27(34)36-28(3,4)5)32(30-25)26(33)12-9-15-35-24-10-7-6-8-11-24/h6-8,10-11,16-18H,9,12-15,19-20H2,1-5H3. The largest absolute Gasteiger partial charge is 0.494 e. The van der Waals surface area contributed by atoms with E-state index in [0.29, 0.717) is 45.4 Å². The van der Waals surface area contributed by atoms with E-state index in [4.69, 9.17) is 14.6 Å². The SMILES string of the molecule is Cc1cc(C)cc(C2=NN(C(=O)CCCOc3ccccc3)C3(CCN(C(=O)OC(C)(C)C)C3)C2)c1. The Kier molecular flexibility index (Phi) is 7.38. The Balaban J connectivity index is 1.50. The molecular formula is C29H37N3O4. The van der Waals surface area contributed by atoms with Gasteiger partial charge in [0.25, 0.3) is 0 Å². The van der Waals surface area contributed by atoms with Gasteiger partial charge >= 0.3 is 6.09 Å². The molecule has 1 saturated heterocycles. The minimum Gasteiger partial charge on any atom is -0.494 e. The molecule has 7 heteroatoms. The fraction of sp³-hybridized carbons (Fsp3) is 0.483. The summed E-state index contributed by atoms with van der Waals surface area (Å²) in [5, 5.41) is 6.52. The zero-order valence-corrected chi connectivity index (χ0v) is 22.0. The van der Waals surface area contributed by atoms with Crippen LogP contribution in [0.4, 0.5) is 4.79 Å². The molecule has 0 aromatic heterocycles. The van der Waals surface area contributed by atoms with E-state index < -0.39 is 11.1 Å². The van der Waals surface area contributed by atoms with Crippen molar-refractivity contribution >= 4 is 17.7 Å². The molecule has 1 unspecified atom stereocenters. The van der Waals surface area contributed by atoms with Crippen LogP contribution >= 0.6 is 0 Å². The molecule has 1 atom stereocenters. The third-order valence-electron chi connectivity index (χ3n) is 6.49. The van der Waals surface area contributed by atoms with Crippen LogP contribution in [0.1, 0.15) is 63.1 Å². The highest BCUT2D eigenvalue weighted by Gasteiger charge is 2.51. The first-order valence-electron chi connectivity index (χ1n) is 12.7. The van der Waals surface area contributed by atoms with Gasteiger partial charge in [0.1, 0.15) is 11.4 Å².